The van der Waals surface area contributed by atoms with Crippen LogP contribution in [0.15, 0.2) is 0 Å². The van der Waals surface area contributed by atoms with E-state index in [9.17, 15) is 0 Å². The van der Waals surface area contributed by atoms with E-state index < -0.39 is 0 Å². The zero-order chi connectivity index (χ0) is 13.8. The third-order valence-corrected chi connectivity index (χ3v) is 5.07. The maximum Gasteiger partial charge on any atom is 0.107 e. The summed E-state index contributed by atoms with van der Waals surface area (Å²) >= 11 is 1.85. The van der Waals surface area contributed by atoms with E-state index >= 15 is 0 Å². The van der Waals surface area contributed by atoms with Crippen LogP contribution in [0.5, 0.6) is 0 Å². The van der Waals surface area contributed by atoms with E-state index in [0.29, 0.717) is 12.1 Å². The SMILES string of the molecule is Cc1nc(CN(CC2CCCCN2)C(C)C)sc1C. The van der Waals surface area contributed by atoms with Gasteiger partial charge in [0.1, 0.15) is 5.01 Å². The molecule has 0 aliphatic carbocycles. The van der Waals surface area contributed by atoms with Crippen molar-refractivity contribution in [2.45, 2.75) is 65.6 Å². The van der Waals surface area contributed by atoms with E-state index in [2.05, 4.69) is 42.9 Å². The van der Waals surface area contributed by atoms with E-state index in [1.807, 2.05) is 11.3 Å². The van der Waals surface area contributed by atoms with Gasteiger partial charge in [0.25, 0.3) is 0 Å². The minimum absolute atomic E-state index is 0.577. The highest BCUT2D eigenvalue weighted by Crippen LogP contribution is 2.20. The topological polar surface area (TPSA) is 28.2 Å². The normalized spacial score (nSPS) is 20.4. The third kappa shape index (κ3) is 4.26. The first kappa shape index (κ1) is 14.9. The Bertz CT molecular complexity index is 375. The summed E-state index contributed by atoms with van der Waals surface area (Å²) < 4.78 is 0. The summed E-state index contributed by atoms with van der Waals surface area (Å²) in [5.74, 6) is 0. The number of nitrogens with one attached hydrogen (secondary N) is 1. The van der Waals surface area contributed by atoms with E-state index in [0.717, 1.165) is 13.1 Å². The molecule has 4 heteroatoms. The van der Waals surface area contributed by atoms with Crippen LogP contribution >= 0.6 is 11.3 Å². The number of aryl methyl sites for hydroxylation is 2. The summed E-state index contributed by atoms with van der Waals surface area (Å²) in [6, 6.07) is 1.24. The van der Waals surface area contributed by atoms with E-state index in [1.54, 1.807) is 0 Å². The average Bonchev–Trinajstić information content (AvgIpc) is 2.69. The van der Waals surface area contributed by atoms with Gasteiger partial charge in [-0.25, -0.2) is 4.98 Å². The van der Waals surface area contributed by atoms with Gasteiger partial charge in [-0.2, -0.15) is 0 Å². The molecule has 1 aromatic rings. The lowest BCUT2D eigenvalue weighted by molar-refractivity contribution is 0.177. The first-order chi connectivity index (χ1) is 9.06. The van der Waals surface area contributed by atoms with Crippen LogP contribution in [0.2, 0.25) is 0 Å². The van der Waals surface area contributed by atoms with Crippen LogP contribution in [0.3, 0.4) is 0 Å². The summed E-state index contributed by atoms with van der Waals surface area (Å²) in [6.07, 6.45) is 4.03. The van der Waals surface area contributed by atoms with Crippen molar-refractivity contribution in [1.82, 2.24) is 15.2 Å². The van der Waals surface area contributed by atoms with Gasteiger partial charge in [-0.1, -0.05) is 6.42 Å². The van der Waals surface area contributed by atoms with Crippen LogP contribution < -0.4 is 5.32 Å². The van der Waals surface area contributed by atoms with Crippen LogP contribution in [0.4, 0.5) is 0 Å². The standard InChI is InChI=1S/C15H27N3S/c1-11(2)18(9-14-7-5-6-8-16-14)10-15-17-12(3)13(4)19-15/h11,14,16H,5-10H2,1-4H3. The molecule has 1 aliphatic heterocycles. The molecule has 0 bridgehead atoms. The van der Waals surface area contributed by atoms with Crippen molar-refractivity contribution < 1.29 is 0 Å². The van der Waals surface area contributed by atoms with Gasteiger partial charge in [-0.3, -0.25) is 4.90 Å². The lowest BCUT2D eigenvalue weighted by Crippen LogP contribution is -2.45. The summed E-state index contributed by atoms with van der Waals surface area (Å²) in [6.45, 7) is 12.2. The maximum atomic E-state index is 4.68. The Kier molecular flexibility index (Phi) is 5.37. The lowest BCUT2D eigenvalue weighted by atomic mass is 10.0. The van der Waals surface area contributed by atoms with E-state index in [4.69, 9.17) is 0 Å². The Labute approximate surface area is 121 Å². The second-order valence-corrected chi connectivity index (χ2v) is 7.21. The molecule has 1 N–H and O–H groups in total. The molecule has 1 aromatic heterocycles. The minimum atomic E-state index is 0.577. The molecule has 0 saturated carbocycles. The Hall–Kier alpha value is -0.450. The number of hydrogen-bond acceptors (Lipinski definition) is 4. The molecule has 0 spiro atoms. The van der Waals surface area contributed by atoms with Gasteiger partial charge in [-0.05, 0) is 47.1 Å². The molecule has 3 nitrogen and oxygen atoms in total. The van der Waals surface area contributed by atoms with E-state index in [1.165, 1.54) is 41.4 Å². The van der Waals surface area contributed by atoms with Gasteiger partial charge < -0.3 is 5.32 Å². The smallest absolute Gasteiger partial charge is 0.107 e. The quantitative estimate of drug-likeness (QED) is 0.899. The Morgan fingerprint density at radius 3 is 2.68 bits per heavy atom. The summed E-state index contributed by atoms with van der Waals surface area (Å²) in [7, 11) is 0. The Balaban J connectivity index is 1.95. The first-order valence-electron chi connectivity index (χ1n) is 7.46. The average molecular weight is 281 g/mol. The Morgan fingerprint density at radius 2 is 2.16 bits per heavy atom. The fourth-order valence-electron chi connectivity index (χ4n) is 2.60. The minimum Gasteiger partial charge on any atom is -0.313 e. The number of aromatic nitrogens is 1. The highest BCUT2D eigenvalue weighted by Gasteiger charge is 2.19. The fourth-order valence-corrected chi connectivity index (χ4v) is 3.56. The maximum absolute atomic E-state index is 4.68. The van der Waals surface area contributed by atoms with Gasteiger partial charge in [0.05, 0.1) is 12.2 Å². The molecule has 19 heavy (non-hydrogen) atoms. The number of piperidine rings is 1. The fraction of sp³-hybridized carbons (Fsp3) is 0.800. The summed E-state index contributed by atoms with van der Waals surface area (Å²) in [4.78, 5) is 8.59. The predicted molar refractivity (Wildman–Crippen MR) is 82.8 cm³/mol. The van der Waals surface area contributed by atoms with Crippen LogP contribution in [-0.4, -0.2) is 35.1 Å². The van der Waals surface area contributed by atoms with Crippen molar-refractivity contribution in [3.8, 4) is 0 Å². The van der Waals surface area contributed by atoms with Crippen molar-refractivity contribution in [1.29, 1.82) is 0 Å². The van der Waals surface area contributed by atoms with Gasteiger partial charge >= 0.3 is 0 Å². The zero-order valence-corrected chi connectivity index (χ0v) is 13.5. The molecular weight excluding hydrogens is 254 g/mol. The molecule has 1 unspecified atom stereocenters. The second kappa shape index (κ2) is 6.82. The molecule has 0 amide bonds. The molecule has 108 valence electrons. The molecule has 1 saturated heterocycles. The summed E-state index contributed by atoms with van der Waals surface area (Å²) in [5, 5.41) is 4.91. The van der Waals surface area contributed by atoms with Crippen LogP contribution in [0, 0.1) is 13.8 Å². The van der Waals surface area contributed by atoms with Crippen molar-refractivity contribution in [2.75, 3.05) is 13.1 Å². The van der Waals surface area contributed by atoms with Crippen LogP contribution in [0.25, 0.3) is 0 Å². The highest BCUT2D eigenvalue weighted by atomic mass is 32.1. The third-order valence-electron chi connectivity index (χ3n) is 4.01. The van der Waals surface area contributed by atoms with Gasteiger partial charge in [0.15, 0.2) is 0 Å². The largest absolute Gasteiger partial charge is 0.313 e. The number of nitrogens with zero attached hydrogens (tertiary/aromatic N) is 2. The number of rotatable bonds is 5. The second-order valence-electron chi connectivity index (χ2n) is 5.92. The predicted octanol–water partition coefficient (Wildman–Crippen LogP) is 3.11. The molecule has 1 atom stereocenters. The van der Waals surface area contributed by atoms with Crippen molar-refractivity contribution >= 4 is 11.3 Å². The molecule has 0 aromatic carbocycles. The lowest BCUT2D eigenvalue weighted by Gasteiger charge is -2.32. The van der Waals surface area contributed by atoms with Crippen molar-refractivity contribution in [3.05, 3.63) is 15.6 Å². The molecule has 0 radical (unpaired) electrons. The first-order valence-corrected chi connectivity index (χ1v) is 8.28. The molecule has 2 heterocycles. The molecule has 2 rings (SSSR count). The molecule has 1 aliphatic rings. The van der Waals surface area contributed by atoms with Gasteiger partial charge in [-0.15, -0.1) is 11.3 Å². The summed E-state index contributed by atoms with van der Waals surface area (Å²) in [5.41, 5.74) is 1.19. The Morgan fingerprint density at radius 1 is 1.37 bits per heavy atom. The van der Waals surface area contributed by atoms with Crippen molar-refractivity contribution in [2.24, 2.45) is 0 Å². The number of hydrogen-bond donors (Lipinski definition) is 1. The van der Waals surface area contributed by atoms with E-state index in [-0.39, 0.29) is 0 Å². The molecular formula is C15H27N3S. The van der Waals surface area contributed by atoms with Crippen LogP contribution in [0.1, 0.15) is 48.7 Å². The van der Waals surface area contributed by atoms with Crippen LogP contribution in [-0.2, 0) is 6.54 Å². The zero-order valence-electron chi connectivity index (χ0n) is 12.7. The number of thiazole rings is 1. The highest BCUT2D eigenvalue weighted by molar-refractivity contribution is 7.11. The van der Waals surface area contributed by atoms with Crippen molar-refractivity contribution in [3.63, 3.8) is 0 Å². The monoisotopic (exact) mass is 281 g/mol. The van der Waals surface area contributed by atoms with Gasteiger partial charge in [0.2, 0.25) is 0 Å². The van der Waals surface area contributed by atoms with Gasteiger partial charge in [0, 0.05) is 23.5 Å². The molecule has 1 fully saturated rings.